The number of alkyl halides is 3. The van der Waals surface area contributed by atoms with Crippen molar-refractivity contribution < 1.29 is 22.7 Å². The van der Waals surface area contributed by atoms with Crippen LogP contribution in [0.3, 0.4) is 0 Å². The highest BCUT2D eigenvalue weighted by molar-refractivity contribution is 5.99. The average molecular weight is 611 g/mol. The molecule has 4 heterocycles. The lowest BCUT2D eigenvalue weighted by atomic mass is 10.0. The van der Waals surface area contributed by atoms with Crippen LogP contribution in [-0.2, 0) is 23.9 Å². The molecule has 0 aliphatic carbocycles. The Kier molecular flexibility index (Phi) is 8.50. The number of aromatic nitrogens is 2. The predicted octanol–water partition coefficient (Wildman–Crippen LogP) is 4.57. The Morgan fingerprint density at radius 1 is 1.07 bits per heavy atom. The molecule has 3 N–H and O–H groups in total. The number of rotatable bonds is 8. The van der Waals surface area contributed by atoms with Gasteiger partial charge in [0.1, 0.15) is 17.1 Å². The normalized spacial score (nSPS) is 18.2. The lowest BCUT2D eigenvalue weighted by Crippen LogP contribution is -2.53. The number of piperazine rings is 1. The topological polar surface area (TPSA) is 97.9 Å². The zero-order valence-corrected chi connectivity index (χ0v) is 24.9. The van der Waals surface area contributed by atoms with Gasteiger partial charge in [0.25, 0.3) is 0 Å². The third kappa shape index (κ3) is 6.53. The molecule has 3 aromatic rings. The molecule has 1 amide bonds. The molecule has 0 unspecified atom stereocenters. The van der Waals surface area contributed by atoms with Gasteiger partial charge in [0.05, 0.1) is 19.2 Å². The van der Waals surface area contributed by atoms with Gasteiger partial charge in [0, 0.05) is 62.4 Å². The van der Waals surface area contributed by atoms with Gasteiger partial charge in [-0.15, -0.1) is 0 Å². The third-order valence-electron chi connectivity index (χ3n) is 8.74. The van der Waals surface area contributed by atoms with Crippen molar-refractivity contribution in [1.82, 2.24) is 19.8 Å². The maximum Gasteiger partial charge on any atom is 0.421 e. The van der Waals surface area contributed by atoms with Gasteiger partial charge in [-0.25, -0.2) is 4.98 Å². The second-order valence-corrected chi connectivity index (χ2v) is 11.5. The lowest BCUT2D eigenvalue weighted by molar-refractivity contribution is -0.137. The van der Waals surface area contributed by atoms with Gasteiger partial charge in [0.15, 0.2) is 0 Å². The number of carbonyl (C=O) groups excluding carboxylic acids is 1. The molecule has 6 rings (SSSR count). The Balaban J connectivity index is 1.15. The number of amides is 1. The van der Waals surface area contributed by atoms with Crippen LogP contribution in [0, 0.1) is 0 Å². The summed E-state index contributed by atoms with van der Waals surface area (Å²) in [5.41, 5.74) is 2.73. The summed E-state index contributed by atoms with van der Waals surface area (Å²) in [6.45, 7) is 6.18. The van der Waals surface area contributed by atoms with E-state index in [9.17, 15) is 18.0 Å². The zero-order chi connectivity index (χ0) is 30.8. The van der Waals surface area contributed by atoms with Gasteiger partial charge >= 0.3 is 6.18 Å². The van der Waals surface area contributed by atoms with Gasteiger partial charge in [-0.1, -0.05) is 12.1 Å². The lowest BCUT2D eigenvalue weighted by Gasteiger charge is -2.43. The molecule has 0 atom stereocenters. The number of benzene rings is 2. The van der Waals surface area contributed by atoms with Crippen LogP contribution in [0.25, 0.3) is 0 Å². The predicted molar refractivity (Wildman–Crippen MR) is 164 cm³/mol. The number of hydrogen-bond donors (Lipinski definition) is 3. The molecule has 3 aliphatic heterocycles. The minimum atomic E-state index is -4.66. The van der Waals surface area contributed by atoms with E-state index in [1.54, 1.807) is 25.3 Å². The Hall–Kier alpha value is -4.10. The Bertz CT molecular complexity index is 1500. The molecule has 2 saturated heterocycles. The van der Waals surface area contributed by atoms with E-state index < -0.39 is 11.7 Å². The van der Waals surface area contributed by atoms with Crippen LogP contribution in [0.15, 0.2) is 42.6 Å². The van der Waals surface area contributed by atoms with E-state index in [0.29, 0.717) is 28.7 Å². The Morgan fingerprint density at radius 3 is 2.57 bits per heavy atom. The van der Waals surface area contributed by atoms with Crippen molar-refractivity contribution >= 4 is 34.7 Å². The monoisotopic (exact) mass is 610 g/mol. The second kappa shape index (κ2) is 12.5. The standard InChI is InChI=1S/C31H37F3N8O2/c1-40-10-8-21(9-11-40)41-12-14-42(15-13-41)22-6-7-26(27(16-22)44-2)38-30-36-19-24(31(32,33)34)29(39-30)35-18-20-4-3-5-25-23(20)17-28(43)37-25/h3-7,16,19,21H,8-15,17-18H2,1-2H3,(H,37,43)(H2,35,36,38,39). The van der Waals surface area contributed by atoms with Crippen LogP contribution in [0.2, 0.25) is 0 Å². The van der Waals surface area contributed by atoms with Gasteiger partial charge < -0.3 is 30.5 Å². The number of likely N-dealkylation sites (tertiary alicyclic amines) is 1. The smallest absolute Gasteiger partial charge is 0.421 e. The van der Waals surface area contributed by atoms with Crippen molar-refractivity contribution in [3.8, 4) is 5.75 Å². The quantitative estimate of drug-likeness (QED) is 0.339. The fourth-order valence-corrected chi connectivity index (χ4v) is 6.25. The summed E-state index contributed by atoms with van der Waals surface area (Å²) < 4.78 is 47.2. The molecule has 0 saturated carbocycles. The number of halogens is 3. The fourth-order valence-electron chi connectivity index (χ4n) is 6.25. The zero-order valence-electron chi connectivity index (χ0n) is 24.9. The third-order valence-corrected chi connectivity index (χ3v) is 8.74. The fraction of sp³-hybridized carbons (Fsp3) is 0.452. The Morgan fingerprint density at radius 2 is 1.84 bits per heavy atom. The van der Waals surface area contributed by atoms with Crippen molar-refractivity contribution in [2.24, 2.45) is 0 Å². The highest BCUT2D eigenvalue weighted by atomic mass is 19.4. The van der Waals surface area contributed by atoms with Crippen molar-refractivity contribution in [3.05, 3.63) is 59.3 Å². The maximum absolute atomic E-state index is 13.9. The molecule has 10 nitrogen and oxygen atoms in total. The second-order valence-electron chi connectivity index (χ2n) is 11.5. The molecule has 3 aliphatic rings. The first kappa shape index (κ1) is 29.9. The summed E-state index contributed by atoms with van der Waals surface area (Å²) in [6.07, 6.45) is -1.29. The Labute approximate surface area is 254 Å². The van der Waals surface area contributed by atoms with Crippen molar-refractivity contribution in [3.63, 3.8) is 0 Å². The van der Waals surface area contributed by atoms with Crippen molar-refractivity contribution in [1.29, 1.82) is 0 Å². The number of nitrogens with one attached hydrogen (secondary N) is 3. The molecule has 13 heteroatoms. The number of nitrogens with zero attached hydrogens (tertiary/aromatic N) is 5. The van der Waals surface area contributed by atoms with Crippen molar-refractivity contribution in [2.75, 3.05) is 74.3 Å². The summed E-state index contributed by atoms with van der Waals surface area (Å²) >= 11 is 0. The highest BCUT2D eigenvalue weighted by Gasteiger charge is 2.35. The molecule has 1 aromatic heterocycles. The number of hydrogen-bond acceptors (Lipinski definition) is 9. The summed E-state index contributed by atoms with van der Waals surface area (Å²) in [5, 5.41) is 8.61. The molecule has 2 fully saturated rings. The van der Waals surface area contributed by atoms with Gasteiger partial charge in [-0.3, -0.25) is 9.69 Å². The maximum atomic E-state index is 13.9. The number of methoxy groups -OCH3 is 1. The number of fused-ring (bicyclic) bond motifs is 1. The van der Waals surface area contributed by atoms with E-state index in [1.807, 2.05) is 18.2 Å². The molecule has 0 radical (unpaired) electrons. The van der Waals surface area contributed by atoms with E-state index in [1.165, 1.54) is 12.8 Å². The van der Waals surface area contributed by atoms with Crippen LogP contribution in [0.4, 0.5) is 42.0 Å². The van der Waals surface area contributed by atoms with Gasteiger partial charge in [-0.2, -0.15) is 18.2 Å². The molecule has 0 bridgehead atoms. The molecular formula is C31H37F3N8O2. The van der Waals surface area contributed by atoms with E-state index >= 15 is 0 Å². The first-order chi connectivity index (χ1) is 21.2. The van der Waals surface area contributed by atoms with Crippen LogP contribution < -0.4 is 25.6 Å². The van der Waals surface area contributed by atoms with Crippen LogP contribution in [0.1, 0.15) is 29.5 Å². The van der Waals surface area contributed by atoms with Crippen LogP contribution in [-0.4, -0.2) is 85.1 Å². The summed E-state index contributed by atoms with van der Waals surface area (Å²) in [4.78, 5) is 27.3. The highest BCUT2D eigenvalue weighted by Crippen LogP contribution is 2.36. The van der Waals surface area contributed by atoms with E-state index in [-0.39, 0.29) is 30.6 Å². The minimum absolute atomic E-state index is 0.00609. The van der Waals surface area contributed by atoms with Gasteiger partial charge in [-0.05, 0) is 62.3 Å². The SMILES string of the molecule is COc1cc(N2CCN(C3CCN(C)CC3)CC2)ccc1Nc1ncc(C(F)(F)F)c(NCc2cccc3c2CC(=O)N3)n1. The summed E-state index contributed by atoms with van der Waals surface area (Å²) in [7, 11) is 3.74. The summed E-state index contributed by atoms with van der Waals surface area (Å²) in [5.74, 6) is 0.0264. The minimum Gasteiger partial charge on any atom is -0.494 e. The van der Waals surface area contributed by atoms with E-state index in [4.69, 9.17) is 4.74 Å². The first-order valence-electron chi connectivity index (χ1n) is 14.9. The first-order valence-corrected chi connectivity index (χ1v) is 14.9. The number of anilines is 5. The van der Waals surface area contributed by atoms with Crippen LogP contribution in [0.5, 0.6) is 5.75 Å². The van der Waals surface area contributed by atoms with Crippen LogP contribution >= 0.6 is 0 Å². The molecule has 2 aromatic carbocycles. The van der Waals surface area contributed by atoms with E-state index in [0.717, 1.165) is 56.7 Å². The van der Waals surface area contributed by atoms with Crippen molar-refractivity contribution in [2.45, 2.75) is 38.0 Å². The number of carbonyl (C=O) groups is 1. The van der Waals surface area contributed by atoms with E-state index in [2.05, 4.69) is 47.7 Å². The summed E-state index contributed by atoms with van der Waals surface area (Å²) in [6, 6.07) is 11.7. The molecular weight excluding hydrogens is 573 g/mol. The number of piperidine rings is 1. The van der Waals surface area contributed by atoms with Gasteiger partial charge in [0.2, 0.25) is 11.9 Å². The number of ether oxygens (including phenoxy) is 1. The molecule has 234 valence electrons. The average Bonchev–Trinajstić information content (AvgIpc) is 3.41. The molecule has 0 spiro atoms. The largest absolute Gasteiger partial charge is 0.494 e. The molecule has 44 heavy (non-hydrogen) atoms.